The zero-order valence-corrected chi connectivity index (χ0v) is 19.2. The fourth-order valence-electron chi connectivity index (χ4n) is 4.24. The molecule has 1 amide bonds. The van der Waals surface area contributed by atoms with Gasteiger partial charge in [0.25, 0.3) is 0 Å². The monoisotopic (exact) mass is 452 g/mol. The number of aryl methyl sites for hydroxylation is 1. The third kappa shape index (κ3) is 4.47. The summed E-state index contributed by atoms with van der Waals surface area (Å²) in [6.07, 6.45) is 1.01. The van der Waals surface area contributed by atoms with Crippen molar-refractivity contribution in [3.63, 3.8) is 0 Å². The van der Waals surface area contributed by atoms with Gasteiger partial charge in [0, 0.05) is 25.6 Å². The molecule has 0 saturated carbocycles. The van der Waals surface area contributed by atoms with Crippen LogP contribution in [0.15, 0.2) is 65.6 Å². The van der Waals surface area contributed by atoms with E-state index in [4.69, 9.17) is 0 Å². The molecule has 7 nitrogen and oxygen atoms in total. The van der Waals surface area contributed by atoms with E-state index < -0.39 is 10.0 Å². The largest absolute Gasteiger partial charge is 0.352 e. The Morgan fingerprint density at radius 2 is 1.59 bits per heavy atom. The highest BCUT2D eigenvalue weighted by atomic mass is 32.2. The third-order valence-electron chi connectivity index (χ3n) is 5.96. The summed E-state index contributed by atoms with van der Waals surface area (Å²) in [6, 6.07) is 19.3. The molecule has 2 aromatic carbocycles. The van der Waals surface area contributed by atoms with Crippen LogP contribution in [0.1, 0.15) is 29.8 Å². The van der Waals surface area contributed by atoms with Crippen LogP contribution in [0.5, 0.6) is 0 Å². The van der Waals surface area contributed by atoms with Gasteiger partial charge in [-0.2, -0.15) is 9.40 Å². The van der Waals surface area contributed by atoms with Crippen molar-refractivity contribution < 1.29 is 13.2 Å². The van der Waals surface area contributed by atoms with Crippen molar-refractivity contribution in [1.29, 1.82) is 0 Å². The van der Waals surface area contributed by atoms with Gasteiger partial charge in [-0.3, -0.25) is 4.79 Å². The number of nitrogens with one attached hydrogen (secondary N) is 1. The number of piperidine rings is 1. The number of amides is 1. The van der Waals surface area contributed by atoms with Crippen LogP contribution in [0.2, 0.25) is 0 Å². The van der Waals surface area contributed by atoms with E-state index in [0.717, 1.165) is 11.3 Å². The lowest BCUT2D eigenvalue weighted by Crippen LogP contribution is -2.43. The van der Waals surface area contributed by atoms with E-state index in [2.05, 4.69) is 10.4 Å². The van der Waals surface area contributed by atoms with Gasteiger partial charge in [0.15, 0.2) is 0 Å². The summed E-state index contributed by atoms with van der Waals surface area (Å²) in [4.78, 5) is 12.8. The minimum absolute atomic E-state index is 0.0184. The van der Waals surface area contributed by atoms with Gasteiger partial charge in [-0.15, -0.1) is 0 Å². The number of aromatic nitrogens is 2. The Morgan fingerprint density at radius 1 is 1.00 bits per heavy atom. The maximum Gasteiger partial charge on any atom is 0.246 e. The van der Waals surface area contributed by atoms with Crippen molar-refractivity contribution >= 4 is 15.9 Å². The predicted octanol–water partition coefficient (Wildman–Crippen LogP) is 3.21. The van der Waals surface area contributed by atoms with E-state index in [1.54, 1.807) is 18.5 Å². The topological polar surface area (TPSA) is 84.3 Å². The number of benzene rings is 2. The predicted molar refractivity (Wildman–Crippen MR) is 123 cm³/mol. The molecule has 0 bridgehead atoms. The highest BCUT2D eigenvalue weighted by molar-refractivity contribution is 7.89. The van der Waals surface area contributed by atoms with Gasteiger partial charge >= 0.3 is 0 Å². The zero-order chi connectivity index (χ0) is 22.7. The number of nitrogens with zero attached hydrogens (tertiary/aromatic N) is 3. The Bertz CT molecular complexity index is 1180. The first-order chi connectivity index (χ1) is 15.4. The van der Waals surface area contributed by atoms with Crippen LogP contribution in [-0.4, -0.2) is 41.5 Å². The SMILES string of the molecule is Cc1nn(-c2ccccc2)c(C)c1S(=O)(=O)N1CCC(C(=O)NCc2ccccc2)CC1. The lowest BCUT2D eigenvalue weighted by Gasteiger charge is -2.30. The van der Waals surface area contributed by atoms with Gasteiger partial charge in [0.2, 0.25) is 15.9 Å². The summed E-state index contributed by atoms with van der Waals surface area (Å²) in [5.41, 5.74) is 2.94. The Balaban J connectivity index is 1.43. The van der Waals surface area contributed by atoms with E-state index in [-0.39, 0.29) is 16.7 Å². The molecule has 1 saturated heterocycles. The molecule has 32 heavy (non-hydrogen) atoms. The minimum atomic E-state index is -3.70. The van der Waals surface area contributed by atoms with E-state index in [9.17, 15) is 13.2 Å². The van der Waals surface area contributed by atoms with Crippen molar-refractivity contribution in [2.45, 2.75) is 38.1 Å². The molecule has 0 spiro atoms. The van der Waals surface area contributed by atoms with Crippen molar-refractivity contribution in [3.05, 3.63) is 77.6 Å². The summed E-state index contributed by atoms with van der Waals surface area (Å²) in [5, 5.41) is 7.46. The standard InChI is InChI=1S/C24H28N4O3S/c1-18-23(19(2)28(26-18)22-11-7-4-8-12-22)32(30,31)27-15-13-21(14-16-27)24(29)25-17-20-9-5-3-6-10-20/h3-12,21H,13-17H2,1-2H3,(H,25,29). The third-order valence-corrected chi connectivity index (χ3v) is 8.11. The molecular formula is C24H28N4O3S. The van der Waals surface area contributed by atoms with E-state index in [1.165, 1.54) is 4.31 Å². The van der Waals surface area contributed by atoms with Crippen molar-refractivity contribution in [1.82, 2.24) is 19.4 Å². The molecule has 1 aliphatic rings. The highest BCUT2D eigenvalue weighted by Crippen LogP contribution is 2.29. The molecule has 3 aromatic rings. The molecule has 8 heteroatoms. The van der Waals surface area contributed by atoms with Gasteiger partial charge < -0.3 is 5.32 Å². The number of rotatable bonds is 6. The van der Waals surface area contributed by atoms with Gasteiger partial charge in [-0.05, 0) is 44.4 Å². The number of hydrogen-bond donors (Lipinski definition) is 1. The summed E-state index contributed by atoms with van der Waals surface area (Å²) < 4.78 is 30.0. The molecule has 4 rings (SSSR count). The number of hydrogen-bond acceptors (Lipinski definition) is 4. The van der Waals surface area contributed by atoms with Crippen molar-refractivity contribution in [3.8, 4) is 5.69 Å². The Kier molecular flexibility index (Phi) is 6.43. The molecule has 168 valence electrons. The van der Waals surface area contributed by atoms with Gasteiger partial charge in [-0.1, -0.05) is 48.5 Å². The Labute approximate surface area is 189 Å². The van der Waals surface area contributed by atoms with Crippen LogP contribution in [-0.2, 0) is 21.4 Å². The first-order valence-corrected chi connectivity index (χ1v) is 12.3. The molecule has 2 heterocycles. The maximum absolute atomic E-state index is 13.4. The molecule has 0 aliphatic carbocycles. The second kappa shape index (κ2) is 9.26. The lowest BCUT2D eigenvalue weighted by molar-refractivity contribution is -0.126. The lowest BCUT2D eigenvalue weighted by atomic mass is 9.97. The van der Waals surface area contributed by atoms with Crippen molar-refractivity contribution in [2.75, 3.05) is 13.1 Å². The molecule has 1 aliphatic heterocycles. The Hall–Kier alpha value is -2.97. The normalized spacial score (nSPS) is 15.6. The molecule has 0 radical (unpaired) electrons. The zero-order valence-electron chi connectivity index (χ0n) is 18.4. The quantitative estimate of drug-likeness (QED) is 0.622. The second-order valence-electron chi connectivity index (χ2n) is 8.13. The van der Waals surface area contributed by atoms with E-state index in [1.807, 2.05) is 60.7 Å². The number of para-hydroxylation sites is 1. The average molecular weight is 453 g/mol. The first kappa shape index (κ1) is 22.2. The van der Waals surface area contributed by atoms with Gasteiger partial charge in [0.05, 0.1) is 17.1 Å². The number of sulfonamides is 1. The van der Waals surface area contributed by atoms with Crippen LogP contribution >= 0.6 is 0 Å². The summed E-state index contributed by atoms with van der Waals surface area (Å²) in [7, 11) is -3.70. The molecule has 0 atom stereocenters. The van der Waals surface area contributed by atoms with E-state index >= 15 is 0 Å². The summed E-state index contributed by atoms with van der Waals surface area (Å²) >= 11 is 0. The van der Waals surface area contributed by atoms with Crippen LogP contribution in [0.3, 0.4) is 0 Å². The number of carbonyl (C=O) groups is 1. The molecule has 1 N–H and O–H groups in total. The first-order valence-electron chi connectivity index (χ1n) is 10.8. The van der Waals surface area contributed by atoms with Crippen LogP contribution in [0.4, 0.5) is 0 Å². The van der Waals surface area contributed by atoms with Crippen LogP contribution in [0.25, 0.3) is 5.69 Å². The maximum atomic E-state index is 13.4. The van der Waals surface area contributed by atoms with Gasteiger partial charge in [0.1, 0.15) is 4.90 Å². The molecule has 0 unspecified atom stereocenters. The molecule has 1 aromatic heterocycles. The second-order valence-corrected chi connectivity index (χ2v) is 10.0. The fourth-order valence-corrected chi connectivity index (χ4v) is 6.06. The summed E-state index contributed by atoms with van der Waals surface area (Å²) in [6.45, 7) is 4.63. The van der Waals surface area contributed by atoms with Gasteiger partial charge in [-0.25, -0.2) is 13.1 Å². The average Bonchev–Trinajstić information content (AvgIpc) is 3.13. The minimum Gasteiger partial charge on any atom is -0.352 e. The van der Waals surface area contributed by atoms with E-state index in [0.29, 0.717) is 43.9 Å². The molecule has 1 fully saturated rings. The smallest absolute Gasteiger partial charge is 0.246 e. The Morgan fingerprint density at radius 3 is 2.22 bits per heavy atom. The van der Waals surface area contributed by atoms with Crippen molar-refractivity contribution in [2.24, 2.45) is 5.92 Å². The molecular weight excluding hydrogens is 424 g/mol. The summed E-state index contributed by atoms with van der Waals surface area (Å²) in [5.74, 6) is -0.199. The number of carbonyl (C=O) groups excluding carboxylic acids is 1. The highest BCUT2D eigenvalue weighted by Gasteiger charge is 2.35. The van der Waals surface area contributed by atoms with Crippen LogP contribution in [0, 0.1) is 19.8 Å². The fraction of sp³-hybridized carbons (Fsp3) is 0.333. The van der Waals surface area contributed by atoms with Crippen LogP contribution < -0.4 is 5.32 Å².